The molecule has 12 heteroatoms. The summed E-state index contributed by atoms with van der Waals surface area (Å²) in [5, 5.41) is 4.16. The molecular formula is C21H28N2O9S. The van der Waals surface area contributed by atoms with E-state index in [0.717, 1.165) is 13.4 Å². The number of sulfone groups is 1. The molecule has 0 unspecified atom stereocenters. The number of methoxy groups -OCH3 is 2. The Morgan fingerprint density at radius 2 is 1.85 bits per heavy atom. The second-order valence-electron chi connectivity index (χ2n) is 6.94. The molecule has 2 aromatic rings. The van der Waals surface area contributed by atoms with Gasteiger partial charge in [-0.05, 0) is 26.0 Å². The van der Waals surface area contributed by atoms with E-state index in [1.807, 2.05) is 0 Å². The monoisotopic (exact) mass is 484 g/mol. The van der Waals surface area contributed by atoms with Gasteiger partial charge in [-0.2, -0.15) is 5.10 Å². The molecule has 0 bridgehead atoms. The van der Waals surface area contributed by atoms with Crippen molar-refractivity contribution in [2.24, 2.45) is 0 Å². The predicted molar refractivity (Wildman–Crippen MR) is 117 cm³/mol. The Morgan fingerprint density at radius 3 is 2.42 bits per heavy atom. The first kappa shape index (κ1) is 26.1. The summed E-state index contributed by atoms with van der Waals surface area (Å²) in [6.45, 7) is 5.57. The van der Waals surface area contributed by atoms with Gasteiger partial charge in [0.1, 0.15) is 22.8 Å². The minimum atomic E-state index is -3.62. The third-order valence-electron chi connectivity index (χ3n) is 4.59. The fourth-order valence-electron chi connectivity index (χ4n) is 3.00. The van der Waals surface area contributed by atoms with E-state index in [4.69, 9.17) is 18.9 Å². The Bertz CT molecular complexity index is 1110. The Morgan fingerprint density at radius 1 is 1.15 bits per heavy atom. The summed E-state index contributed by atoms with van der Waals surface area (Å²) in [6.07, 6.45) is 0.393. The Kier molecular flexibility index (Phi) is 8.83. The minimum Gasteiger partial charge on any atom is -0.490 e. The number of aromatic nitrogens is 2. The van der Waals surface area contributed by atoms with Gasteiger partial charge in [0.2, 0.25) is 12.2 Å². The minimum absolute atomic E-state index is 0.0338. The van der Waals surface area contributed by atoms with Gasteiger partial charge in [0.25, 0.3) is 0 Å². The normalized spacial score (nSPS) is 12.2. The molecule has 0 N–H and O–H groups in total. The van der Waals surface area contributed by atoms with Crippen molar-refractivity contribution in [3.8, 4) is 11.6 Å². The van der Waals surface area contributed by atoms with E-state index in [0.29, 0.717) is 12.1 Å². The molecule has 1 heterocycles. The maximum absolute atomic E-state index is 13.4. The maximum Gasteiger partial charge on any atom is 0.511 e. The fraction of sp³-hybridized carbons (Fsp3) is 0.476. The zero-order chi connectivity index (χ0) is 24.8. The average Bonchev–Trinajstić information content (AvgIpc) is 3.15. The van der Waals surface area contributed by atoms with E-state index in [-0.39, 0.29) is 40.9 Å². The second-order valence-corrected chi connectivity index (χ2v) is 8.93. The summed E-state index contributed by atoms with van der Waals surface area (Å²) < 4.78 is 51.6. The van der Waals surface area contributed by atoms with Gasteiger partial charge in [-0.3, -0.25) is 4.79 Å². The van der Waals surface area contributed by atoms with E-state index < -0.39 is 28.1 Å². The molecule has 33 heavy (non-hydrogen) atoms. The molecule has 11 nitrogen and oxygen atoms in total. The van der Waals surface area contributed by atoms with Gasteiger partial charge in [-0.25, -0.2) is 17.9 Å². The largest absolute Gasteiger partial charge is 0.511 e. The second kappa shape index (κ2) is 11.1. The third-order valence-corrected chi connectivity index (χ3v) is 5.71. The first-order chi connectivity index (χ1) is 15.5. The molecule has 0 aliphatic heterocycles. The van der Waals surface area contributed by atoms with Crippen molar-refractivity contribution in [2.45, 2.75) is 38.5 Å². The summed E-state index contributed by atoms with van der Waals surface area (Å²) in [6, 6.07) is 2.74. The third kappa shape index (κ3) is 6.23. The fourth-order valence-corrected chi connectivity index (χ4v) is 3.86. The summed E-state index contributed by atoms with van der Waals surface area (Å²) in [5.41, 5.74) is 0.653. The molecule has 2 rings (SSSR count). The first-order valence-electron chi connectivity index (χ1n) is 10.0. The van der Waals surface area contributed by atoms with Crippen LogP contribution >= 0.6 is 0 Å². The quantitative estimate of drug-likeness (QED) is 0.203. The zero-order valence-corrected chi connectivity index (χ0v) is 20.2. The van der Waals surface area contributed by atoms with E-state index in [9.17, 15) is 18.0 Å². The molecule has 0 radical (unpaired) electrons. The Balaban J connectivity index is 2.50. The average molecular weight is 485 g/mol. The molecule has 1 atom stereocenters. The van der Waals surface area contributed by atoms with Crippen molar-refractivity contribution in [1.29, 1.82) is 0 Å². The number of carbonyl (C=O) groups is 2. The van der Waals surface area contributed by atoms with Crippen LogP contribution in [0.1, 0.15) is 35.3 Å². The highest BCUT2D eigenvalue weighted by atomic mass is 32.2. The Labute approximate surface area is 192 Å². The van der Waals surface area contributed by atoms with Crippen LogP contribution in [0.2, 0.25) is 0 Å². The SMILES string of the molecule is CCn1ncc(C(=O)c2ccc(S(C)(=O)=O)c(OCCOC)c2C)c1O[C@H](C)OC(=O)OC. The highest BCUT2D eigenvalue weighted by Crippen LogP contribution is 2.33. The molecular weight excluding hydrogens is 456 g/mol. The standard InChI is InChI=1S/C21H28N2O9S/c1-7-23-20(31-14(3)32-21(25)29-5)16(12-22-23)18(24)15-8-9-17(33(6,26)27)19(13(15)2)30-11-10-28-4/h8-9,12,14H,7,10-11H2,1-6H3/t14-/m0/s1. The number of hydrogen-bond acceptors (Lipinski definition) is 10. The van der Waals surface area contributed by atoms with Crippen LogP contribution in [0.15, 0.2) is 23.2 Å². The van der Waals surface area contributed by atoms with Gasteiger partial charge in [-0.15, -0.1) is 0 Å². The van der Waals surface area contributed by atoms with Gasteiger partial charge in [0, 0.05) is 38.0 Å². The first-order valence-corrected chi connectivity index (χ1v) is 11.9. The predicted octanol–water partition coefficient (Wildman–Crippen LogP) is 2.38. The van der Waals surface area contributed by atoms with E-state index in [1.54, 1.807) is 13.8 Å². The smallest absolute Gasteiger partial charge is 0.490 e. The molecule has 1 aromatic heterocycles. The van der Waals surface area contributed by atoms with Crippen molar-refractivity contribution < 1.29 is 41.7 Å². The number of aryl methyl sites for hydroxylation is 1. The van der Waals surface area contributed by atoms with Gasteiger partial charge in [0.05, 0.1) is 19.9 Å². The van der Waals surface area contributed by atoms with Gasteiger partial charge < -0.3 is 23.7 Å². The molecule has 0 saturated heterocycles. The lowest BCUT2D eigenvalue weighted by atomic mass is 10.00. The van der Waals surface area contributed by atoms with Crippen LogP contribution in [0.25, 0.3) is 0 Å². The molecule has 0 saturated carbocycles. The van der Waals surface area contributed by atoms with Crippen LogP contribution in [0.5, 0.6) is 11.6 Å². The van der Waals surface area contributed by atoms with Crippen molar-refractivity contribution >= 4 is 21.8 Å². The van der Waals surface area contributed by atoms with E-state index in [1.165, 1.54) is 37.0 Å². The van der Waals surface area contributed by atoms with Gasteiger partial charge in [0.15, 0.2) is 15.6 Å². The maximum atomic E-state index is 13.4. The number of benzene rings is 1. The van der Waals surface area contributed by atoms with Crippen LogP contribution < -0.4 is 9.47 Å². The number of ether oxygens (including phenoxy) is 5. The molecule has 182 valence electrons. The van der Waals surface area contributed by atoms with Crippen LogP contribution in [-0.2, 0) is 30.6 Å². The number of rotatable bonds is 11. The number of ketones is 1. The van der Waals surface area contributed by atoms with Crippen molar-refractivity contribution in [3.63, 3.8) is 0 Å². The van der Waals surface area contributed by atoms with Crippen molar-refractivity contribution in [2.75, 3.05) is 33.7 Å². The van der Waals surface area contributed by atoms with Gasteiger partial charge >= 0.3 is 6.16 Å². The van der Waals surface area contributed by atoms with Crippen molar-refractivity contribution in [1.82, 2.24) is 9.78 Å². The molecule has 0 aliphatic carbocycles. The lowest BCUT2D eigenvalue weighted by molar-refractivity contribution is -0.0513. The number of carbonyl (C=O) groups excluding carboxylic acids is 2. The summed E-state index contributed by atoms with van der Waals surface area (Å²) in [7, 11) is -0.963. The van der Waals surface area contributed by atoms with Crippen LogP contribution in [-0.4, -0.2) is 70.1 Å². The highest BCUT2D eigenvalue weighted by molar-refractivity contribution is 7.90. The molecule has 1 aromatic carbocycles. The highest BCUT2D eigenvalue weighted by Gasteiger charge is 2.27. The molecule has 0 fully saturated rings. The van der Waals surface area contributed by atoms with Crippen LogP contribution in [0.4, 0.5) is 4.79 Å². The Hall–Kier alpha value is -3.12. The molecule has 0 amide bonds. The number of hydrogen-bond donors (Lipinski definition) is 0. The summed E-state index contributed by atoms with van der Waals surface area (Å²) in [5.74, 6) is -0.301. The number of nitrogens with zero attached hydrogens (tertiary/aromatic N) is 2. The summed E-state index contributed by atoms with van der Waals surface area (Å²) in [4.78, 5) is 24.8. The summed E-state index contributed by atoms with van der Waals surface area (Å²) >= 11 is 0. The topological polar surface area (TPSA) is 132 Å². The van der Waals surface area contributed by atoms with E-state index >= 15 is 0 Å². The van der Waals surface area contributed by atoms with Crippen LogP contribution in [0, 0.1) is 6.92 Å². The lowest BCUT2D eigenvalue weighted by Crippen LogP contribution is -2.23. The van der Waals surface area contributed by atoms with Crippen LogP contribution in [0.3, 0.4) is 0 Å². The lowest BCUT2D eigenvalue weighted by Gasteiger charge is -2.17. The van der Waals surface area contributed by atoms with Crippen molar-refractivity contribution in [3.05, 3.63) is 35.0 Å². The van der Waals surface area contributed by atoms with Gasteiger partial charge in [-0.1, -0.05) is 0 Å². The van der Waals surface area contributed by atoms with E-state index in [2.05, 4.69) is 9.84 Å². The molecule has 0 spiro atoms. The zero-order valence-electron chi connectivity index (χ0n) is 19.4. The molecule has 0 aliphatic rings.